The number of hydrogen-bond donors (Lipinski definition) is 0. The Labute approximate surface area is 145 Å². The van der Waals surface area contributed by atoms with Crippen molar-refractivity contribution in [3.8, 4) is 17.2 Å². The van der Waals surface area contributed by atoms with E-state index in [1.54, 1.807) is 13.2 Å². The molecule has 4 nitrogen and oxygen atoms in total. The summed E-state index contributed by atoms with van der Waals surface area (Å²) in [5, 5.41) is 1.78. The van der Waals surface area contributed by atoms with Gasteiger partial charge in [-0.1, -0.05) is 24.3 Å². The Bertz CT molecular complexity index is 1130. The number of aromatic nitrogens is 1. The van der Waals surface area contributed by atoms with Gasteiger partial charge in [0.05, 0.1) is 18.0 Å². The van der Waals surface area contributed by atoms with Gasteiger partial charge in [-0.15, -0.1) is 0 Å². The van der Waals surface area contributed by atoms with Gasteiger partial charge in [-0.05, 0) is 37.6 Å². The second-order valence-electron chi connectivity index (χ2n) is 6.08. The first-order chi connectivity index (χ1) is 12.1. The molecule has 0 saturated carbocycles. The quantitative estimate of drug-likeness (QED) is 0.491. The summed E-state index contributed by atoms with van der Waals surface area (Å²) < 4.78 is 11.4. The van der Waals surface area contributed by atoms with E-state index >= 15 is 0 Å². The molecule has 0 atom stereocenters. The Hall–Kier alpha value is -3.14. The van der Waals surface area contributed by atoms with Gasteiger partial charge in [0.2, 0.25) is 0 Å². The lowest BCUT2D eigenvalue weighted by Gasteiger charge is -2.11. The highest BCUT2D eigenvalue weighted by Crippen LogP contribution is 2.36. The van der Waals surface area contributed by atoms with Gasteiger partial charge in [0.15, 0.2) is 12.0 Å². The summed E-state index contributed by atoms with van der Waals surface area (Å²) in [6.07, 6.45) is 0.841. The molecule has 0 N–H and O–H groups in total. The second kappa shape index (κ2) is 5.74. The first-order valence-electron chi connectivity index (χ1n) is 8.06. The molecule has 4 rings (SSSR count). The van der Waals surface area contributed by atoms with Crippen molar-refractivity contribution in [3.63, 3.8) is 0 Å². The topological polar surface area (TPSA) is 52.3 Å². The van der Waals surface area contributed by atoms with E-state index in [-0.39, 0.29) is 0 Å². The van der Waals surface area contributed by atoms with E-state index in [0.717, 1.165) is 39.3 Å². The highest BCUT2D eigenvalue weighted by atomic mass is 16.5. The number of fused-ring (bicyclic) bond motifs is 2. The van der Waals surface area contributed by atoms with Crippen LogP contribution in [0.4, 0.5) is 0 Å². The fourth-order valence-corrected chi connectivity index (χ4v) is 3.27. The normalized spacial score (nSPS) is 11.2. The van der Waals surface area contributed by atoms with Crippen LogP contribution in [-0.4, -0.2) is 18.4 Å². The largest absolute Gasteiger partial charge is 0.496 e. The summed E-state index contributed by atoms with van der Waals surface area (Å²) in [6, 6.07) is 13.4. The molecule has 0 aliphatic carbocycles. The lowest BCUT2D eigenvalue weighted by atomic mass is 10.0. The molecule has 0 aliphatic rings. The number of methoxy groups -OCH3 is 1. The number of rotatable bonds is 3. The van der Waals surface area contributed by atoms with E-state index in [1.165, 1.54) is 0 Å². The standard InChI is InChI=1S/C21H17NO3/c1-12-8-9-18(24-3)19-14(11-23)10-16(22-20(12)19)21-13(2)15-6-4-5-7-17(15)25-21/h4-11H,1-3H3. The molecule has 0 unspecified atom stereocenters. The Kier molecular flexibility index (Phi) is 3.53. The Balaban J connectivity index is 2.07. The highest BCUT2D eigenvalue weighted by molar-refractivity contribution is 6.03. The van der Waals surface area contributed by atoms with Crippen LogP contribution in [0.3, 0.4) is 0 Å². The summed E-state index contributed by atoms with van der Waals surface area (Å²) in [4.78, 5) is 16.5. The fraction of sp³-hybridized carbons (Fsp3) is 0.143. The first kappa shape index (κ1) is 15.4. The molecular formula is C21H17NO3. The third-order valence-corrected chi connectivity index (χ3v) is 4.58. The molecule has 0 aliphatic heterocycles. The molecular weight excluding hydrogens is 314 g/mol. The molecule has 25 heavy (non-hydrogen) atoms. The molecule has 0 spiro atoms. The van der Waals surface area contributed by atoms with E-state index in [1.807, 2.05) is 50.2 Å². The lowest BCUT2D eigenvalue weighted by molar-refractivity contribution is 0.112. The summed E-state index contributed by atoms with van der Waals surface area (Å²) >= 11 is 0. The summed E-state index contributed by atoms with van der Waals surface area (Å²) in [5.41, 5.74) is 4.75. The van der Waals surface area contributed by atoms with Crippen LogP contribution in [0.15, 0.2) is 46.9 Å². The number of aldehydes is 1. The summed E-state index contributed by atoms with van der Waals surface area (Å²) in [5.74, 6) is 1.33. The van der Waals surface area contributed by atoms with Crippen LogP contribution in [0.1, 0.15) is 21.5 Å². The Morgan fingerprint density at radius 3 is 2.64 bits per heavy atom. The van der Waals surface area contributed by atoms with Crippen molar-refractivity contribution in [3.05, 3.63) is 59.2 Å². The van der Waals surface area contributed by atoms with Gasteiger partial charge >= 0.3 is 0 Å². The van der Waals surface area contributed by atoms with Gasteiger partial charge in [-0.25, -0.2) is 4.98 Å². The van der Waals surface area contributed by atoms with Crippen molar-refractivity contribution in [1.29, 1.82) is 0 Å². The fourth-order valence-electron chi connectivity index (χ4n) is 3.27. The molecule has 0 radical (unpaired) electrons. The number of furan rings is 1. The predicted octanol–water partition coefficient (Wildman–Crippen LogP) is 5.09. The molecule has 0 saturated heterocycles. The Morgan fingerprint density at radius 2 is 1.92 bits per heavy atom. The van der Waals surface area contributed by atoms with Crippen LogP contribution in [0, 0.1) is 13.8 Å². The van der Waals surface area contributed by atoms with Gasteiger partial charge in [-0.3, -0.25) is 4.79 Å². The van der Waals surface area contributed by atoms with Crippen LogP contribution >= 0.6 is 0 Å². The van der Waals surface area contributed by atoms with Crippen LogP contribution in [0.25, 0.3) is 33.3 Å². The second-order valence-corrected chi connectivity index (χ2v) is 6.08. The minimum absolute atomic E-state index is 0.542. The number of benzene rings is 2. The van der Waals surface area contributed by atoms with Crippen molar-refractivity contribution in [2.75, 3.05) is 7.11 Å². The maximum atomic E-state index is 11.7. The molecule has 2 heterocycles. The number of aryl methyl sites for hydroxylation is 2. The lowest BCUT2D eigenvalue weighted by Crippen LogP contribution is -1.96. The minimum atomic E-state index is 0.542. The molecule has 0 amide bonds. The number of hydrogen-bond acceptors (Lipinski definition) is 4. The van der Waals surface area contributed by atoms with Crippen molar-refractivity contribution in [2.45, 2.75) is 13.8 Å². The maximum absolute atomic E-state index is 11.7. The third-order valence-electron chi connectivity index (χ3n) is 4.58. The zero-order chi connectivity index (χ0) is 17.6. The zero-order valence-electron chi connectivity index (χ0n) is 14.3. The van der Waals surface area contributed by atoms with Crippen molar-refractivity contribution in [1.82, 2.24) is 4.98 Å². The maximum Gasteiger partial charge on any atom is 0.156 e. The van der Waals surface area contributed by atoms with Gasteiger partial charge in [0.25, 0.3) is 0 Å². The number of carbonyl (C=O) groups excluding carboxylic acids is 1. The average molecular weight is 331 g/mol. The van der Waals surface area contributed by atoms with Crippen LogP contribution in [-0.2, 0) is 0 Å². The molecule has 4 heteroatoms. The van der Waals surface area contributed by atoms with E-state index in [2.05, 4.69) is 0 Å². The predicted molar refractivity (Wildman–Crippen MR) is 98.4 cm³/mol. The minimum Gasteiger partial charge on any atom is -0.496 e. The van der Waals surface area contributed by atoms with Crippen molar-refractivity contribution < 1.29 is 13.9 Å². The number of nitrogens with zero attached hydrogens (tertiary/aromatic N) is 1. The van der Waals surface area contributed by atoms with Gasteiger partial charge < -0.3 is 9.15 Å². The van der Waals surface area contributed by atoms with Gasteiger partial charge in [0.1, 0.15) is 17.0 Å². The smallest absolute Gasteiger partial charge is 0.156 e. The van der Waals surface area contributed by atoms with Crippen LogP contribution < -0.4 is 4.74 Å². The molecule has 2 aromatic heterocycles. The SMILES string of the molecule is COc1ccc(C)c2nc(-c3oc4ccccc4c3C)cc(C=O)c12. The Morgan fingerprint density at radius 1 is 1.12 bits per heavy atom. The highest BCUT2D eigenvalue weighted by Gasteiger charge is 2.18. The van der Waals surface area contributed by atoms with Crippen molar-refractivity contribution in [2.24, 2.45) is 0 Å². The molecule has 0 bridgehead atoms. The van der Waals surface area contributed by atoms with E-state index < -0.39 is 0 Å². The molecule has 4 aromatic rings. The van der Waals surface area contributed by atoms with E-state index in [9.17, 15) is 4.79 Å². The monoisotopic (exact) mass is 331 g/mol. The van der Waals surface area contributed by atoms with Crippen LogP contribution in [0.2, 0.25) is 0 Å². The van der Waals surface area contributed by atoms with Crippen molar-refractivity contribution >= 4 is 28.2 Å². The first-order valence-corrected chi connectivity index (χ1v) is 8.06. The molecule has 0 fully saturated rings. The van der Waals surface area contributed by atoms with Crippen LogP contribution in [0.5, 0.6) is 5.75 Å². The third kappa shape index (κ3) is 2.30. The number of carbonyl (C=O) groups is 1. The zero-order valence-corrected chi connectivity index (χ0v) is 14.3. The summed E-state index contributed by atoms with van der Waals surface area (Å²) in [6.45, 7) is 3.98. The van der Waals surface area contributed by atoms with E-state index in [0.29, 0.717) is 22.8 Å². The number of ether oxygens (including phenoxy) is 1. The summed E-state index contributed by atoms with van der Waals surface area (Å²) in [7, 11) is 1.59. The molecule has 124 valence electrons. The van der Waals surface area contributed by atoms with E-state index in [4.69, 9.17) is 14.1 Å². The number of pyridine rings is 1. The number of para-hydroxylation sites is 1. The van der Waals surface area contributed by atoms with Gasteiger partial charge in [-0.2, -0.15) is 0 Å². The van der Waals surface area contributed by atoms with Gasteiger partial charge in [0, 0.05) is 16.5 Å². The average Bonchev–Trinajstić information content (AvgIpc) is 2.98. The molecule has 2 aromatic carbocycles.